The molecular formula is C21H20N2O4S. The molecule has 2 aromatic carbocycles. The third-order valence-corrected chi connectivity index (χ3v) is 5.95. The van der Waals surface area contributed by atoms with Crippen LogP contribution in [-0.4, -0.2) is 31.5 Å². The van der Waals surface area contributed by atoms with Gasteiger partial charge in [0, 0.05) is 17.3 Å². The van der Waals surface area contributed by atoms with Gasteiger partial charge in [0.25, 0.3) is 0 Å². The molecule has 144 valence electrons. The van der Waals surface area contributed by atoms with E-state index < -0.39 is 9.84 Å². The van der Waals surface area contributed by atoms with Crippen LogP contribution in [0.1, 0.15) is 11.5 Å². The molecular weight excluding hydrogens is 376 g/mol. The van der Waals surface area contributed by atoms with Crippen molar-refractivity contribution in [3.05, 3.63) is 60.0 Å². The van der Waals surface area contributed by atoms with Gasteiger partial charge in [-0.25, -0.2) is 8.42 Å². The summed E-state index contributed by atoms with van der Waals surface area (Å²) in [6.45, 7) is 3.60. The number of fused-ring (bicyclic) bond motifs is 1. The maximum atomic E-state index is 12.8. The molecule has 0 spiro atoms. The number of aromatic nitrogens is 2. The van der Waals surface area contributed by atoms with Crippen LogP contribution in [0.25, 0.3) is 27.8 Å². The second-order valence-electron chi connectivity index (χ2n) is 6.70. The number of nitrogens with zero attached hydrogens (tertiary/aromatic N) is 2. The summed E-state index contributed by atoms with van der Waals surface area (Å²) in [7, 11) is -1.93. The normalized spacial score (nSPS) is 11.9. The van der Waals surface area contributed by atoms with Crippen molar-refractivity contribution < 1.29 is 17.7 Å². The van der Waals surface area contributed by atoms with Crippen LogP contribution < -0.4 is 4.74 Å². The first-order valence-corrected chi connectivity index (χ1v) is 10.6. The first kappa shape index (κ1) is 18.3. The fourth-order valence-corrected chi connectivity index (χ4v) is 4.75. The number of sulfone groups is 1. The molecule has 0 unspecified atom stereocenters. The smallest absolute Gasteiger partial charge is 0.178 e. The van der Waals surface area contributed by atoms with Crippen LogP contribution >= 0.6 is 0 Å². The van der Waals surface area contributed by atoms with E-state index in [9.17, 15) is 8.42 Å². The molecule has 0 N–H and O–H groups in total. The van der Waals surface area contributed by atoms with E-state index in [1.165, 1.54) is 6.26 Å². The molecule has 6 nitrogen and oxygen atoms in total. The zero-order valence-electron chi connectivity index (χ0n) is 16.1. The Hall–Kier alpha value is -3.06. The second kappa shape index (κ2) is 6.53. The highest BCUT2D eigenvalue weighted by Gasteiger charge is 2.29. The number of methoxy groups -OCH3 is 1. The summed E-state index contributed by atoms with van der Waals surface area (Å²) in [4.78, 5) is 0.272. The topological polar surface area (TPSA) is 74.3 Å². The number of hydrogen-bond donors (Lipinski definition) is 0. The molecule has 7 heteroatoms. The third-order valence-electron chi connectivity index (χ3n) is 4.80. The number of rotatable bonds is 4. The minimum Gasteiger partial charge on any atom is -0.497 e. The van der Waals surface area contributed by atoms with Crippen molar-refractivity contribution in [2.75, 3.05) is 13.4 Å². The van der Waals surface area contributed by atoms with Crippen LogP contribution in [-0.2, 0) is 9.84 Å². The molecule has 4 aromatic rings. The average molecular weight is 396 g/mol. The molecule has 0 amide bonds. The van der Waals surface area contributed by atoms with Gasteiger partial charge in [-0.3, -0.25) is 0 Å². The predicted octanol–water partition coefficient (Wildman–Crippen LogP) is 4.31. The SMILES string of the molecule is COc1ccc(-n2c(-c3c(C)noc3C)c(S(C)(=O)=O)c3ccccc32)cc1. The lowest BCUT2D eigenvalue weighted by atomic mass is 10.1. The van der Waals surface area contributed by atoms with E-state index in [1.807, 2.05) is 60.0 Å². The molecule has 0 radical (unpaired) electrons. The third kappa shape index (κ3) is 2.79. The van der Waals surface area contributed by atoms with E-state index in [4.69, 9.17) is 9.26 Å². The number of ether oxygens (including phenoxy) is 1. The summed E-state index contributed by atoms with van der Waals surface area (Å²) in [6, 6.07) is 15.0. The molecule has 0 atom stereocenters. The van der Waals surface area contributed by atoms with Crippen LogP contribution in [0.15, 0.2) is 57.9 Å². The number of hydrogen-bond acceptors (Lipinski definition) is 5. The van der Waals surface area contributed by atoms with E-state index in [0.29, 0.717) is 28.1 Å². The number of aryl methyl sites for hydroxylation is 2. The summed E-state index contributed by atoms with van der Waals surface area (Å²) >= 11 is 0. The molecule has 0 aliphatic carbocycles. The predicted molar refractivity (Wildman–Crippen MR) is 108 cm³/mol. The van der Waals surface area contributed by atoms with Gasteiger partial charge in [0.1, 0.15) is 16.4 Å². The minimum absolute atomic E-state index is 0.272. The molecule has 0 aliphatic rings. The van der Waals surface area contributed by atoms with Crippen molar-refractivity contribution in [2.24, 2.45) is 0 Å². The van der Waals surface area contributed by atoms with Crippen LogP contribution in [0.4, 0.5) is 0 Å². The standard InChI is InChI=1S/C21H20N2O4S/c1-13-19(14(2)27-22-13)20-21(28(4,24)25)17-7-5-6-8-18(17)23(20)15-9-11-16(26-3)12-10-15/h5-12H,1-4H3. The average Bonchev–Trinajstić information content (AvgIpc) is 3.18. The van der Waals surface area contributed by atoms with E-state index in [0.717, 1.165) is 17.0 Å². The van der Waals surface area contributed by atoms with Crippen molar-refractivity contribution in [3.63, 3.8) is 0 Å². The fourth-order valence-electron chi connectivity index (χ4n) is 3.63. The Balaban J connectivity index is 2.21. The first-order valence-electron chi connectivity index (χ1n) is 8.74. The van der Waals surface area contributed by atoms with Gasteiger partial charge in [0.15, 0.2) is 9.84 Å². The van der Waals surface area contributed by atoms with Crippen molar-refractivity contribution >= 4 is 20.7 Å². The lowest BCUT2D eigenvalue weighted by Gasteiger charge is -2.13. The van der Waals surface area contributed by atoms with Gasteiger partial charge in [0.05, 0.1) is 29.6 Å². The van der Waals surface area contributed by atoms with Crippen molar-refractivity contribution in [3.8, 4) is 22.7 Å². The lowest BCUT2D eigenvalue weighted by molar-refractivity contribution is 0.393. The maximum absolute atomic E-state index is 12.8. The highest BCUT2D eigenvalue weighted by atomic mass is 32.2. The van der Waals surface area contributed by atoms with E-state index in [1.54, 1.807) is 14.0 Å². The molecule has 2 heterocycles. The van der Waals surface area contributed by atoms with Gasteiger partial charge < -0.3 is 13.8 Å². The summed E-state index contributed by atoms with van der Waals surface area (Å²) in [5.74, 6) is 1.29. The molecule has 0 bridgehead atoms. The molecule has 28 heavy (non-hydrogen) atoms. The molecule has 0 saturated heterocycles. The quantitative estimate of drug-likeness (QED) is 0.514. The Morgan fingerprint density at radius 3 is 2.29 bits per heavy atom. The zero-order valence-corrected chi connectivity index (χ0v) is 16.9. The lowest BCUT2D eigenvalue weighted by Crippen LogP contribution is -2.03. The fraction of sp³-hybridized carbons (Fsp3) is 0.190. The van der Waals surface area contributed by atoms with Gasteiger partial charge in [0.2, 0.25) is 0 Å². The number of benzene rings is 2. The Kier molecular flexibility index (Phi) is 4.27. The maximum Gasteiger partial charge on any atom is 0.178 e. The summed E-state index contributed by atoms with van der Waals surface area (Å²) in [5, 5.41) is 4.71. The highest BCUT2D eigenvalue weighted by molar-refractivity contribution is 7.91. The monoisotopic (exact) mass is 396 g/mol. The summed E-state index contributed by atoms with van der Waals surface area (Å²) in [5.41, 5.74) is 3.50. The van der Waals surface area contributed by atoms with Gasteiger partial charge in [-0.15, -0.1) is 0 Å². The Labute approximate surface area is 163 Å². The van der Waals surface area contributed by atoms with E-state index >= 15 is 0 Å². The van der Waals surface area contributed by atoms with Crippen LogP contribution in [0.2, 0.25) is 0 Å². The van der Waals surface area contributed by atoms with Crippen LogP contribution in [0.3, 0.4) is 0 Å². The van der Waals surface area contributed by atoms with Crippen molar-refractivity contribution in [1.82, 2.24) is 9.72 Å². The largest absolute Gasteiger partial charge is 0.497 e. The van der Waals surface area contributed by atoms with Gasteiger partial charge in [-0.2, -0.15) is 0 Å². The Bertz CT molecular complexity index is 1260. The minimum atomic E-state index is -3.53. The molecule has 0 fully saturated rings. The van der Waals surface area contributed by atoms with Crippen LogP contribution in [0, 0.1) is 13.8 Å². The Morgan fingerprint density at radius 1 is 1.04 bits per heavy atom. The second-order valence-corrected chi connectivity index (χ2v) is 8.65. The van der Waals surface area contributed by atoms with E-state index in [2.05, 4.69) is 5.16 Å². The summed E-state index contributed by atoms with van der Waals surface area (Å²) < 4.78 is 38.3. The molecule has 0 aliphatic heterocycles. The zero-order chi connectivity index (χ0) is 20.1. The van der Waals surface area contributed by atoms with Crippen molar-refractivity contribution in [2.45, 2.75) is 18.7 Å². The van der Waals surface area contributed by atoms with Crippen molar-refractivity contribution in [1.29, 1.82) is 0 Å². The molecule has 2 aromatic heterocycles. The van der Waals surface area contributed by atoms with E-state index in [-0.39, 0.29) is 4.90 Å². The highest BCUT2D eigenvalue weighted by Crippen LogP contribution is 2.41. The molecule has 0 saturated carbocycles. The first-order chi connectivity index (χ1) is 13.3. The number of para-hydroxylation sites is 1. The Morgan fingerprint density at radius 2 is 1.71 bits per heavy atom. The van der Waals surface area contributed by atoms with Gasteiger partial charge in [-0.05, 0) is 44.2 Å². The summed E-state index contributed by atoms with van der Waals surface area (Å²) in [6.07, 6.45) is 1.23. The van der Waals surface area contributed by atoms with Crippen LogP contribution in [0.5, 0.6) is 5.75 Å². The van der Waals surface area contributed by atoms with Gasteiger partial charge in [-0.1, -0.05) is 23.4 Å². The molecule has 4 rings (SSSR count). The van der Waals surface area contributed by atoms with Gasteiger partial charge >= 0.3 is 0 Å².